The van der Waals surface area contributed by atoms with Crippen LogP contribution in [0.3, 0.4) is 0 Å². The summed E-state index contributed by atoms with van der Waals surface area (Å²) in [7, 11) is 5.33. The van der Waals surface area contributed by atoms with E-state index in [9.17, 15) is 0 Å². The van der Waals surface area contributed by atoms with Crippen LogP contribution in [0, 0.1) is 6.92 Å². The van der Waals surface area contributed by atoms with E-state index in [2.05, 4.69) is 31.4 Å². The maximum Gasteiger partial charge on any atom is 0.127 e. The molecule has 0 aromatic heterocycles. The zero-order valence-corrected chi connectivity index (χ0v) is 12.8. The highest BCUT2D eigenvalue weighted by molar-refractivity contribution is 5.48. The Morgan fingerprint density at radius 2 is 1.84 bits per heavy atom. The first-order valence-corrected chi connectivity index (χ1v) is 6.66. The van der Waals surface area contributed by atoms with E-state index in [0.29, 0.717) is 6.04 Å². The number of methoxy groups -OCH3 is 2. The smallest absolute Gasteiger partial charge is 0.127 e. The molecular weight excluding hydrogens is 240 g/mol. The summed E-state index contributed by atoms with van der Waals surface area (Å²) in [6.07, 6.45) is 0. The second kappa shape index (κ2) is 7.36. The van der Waals surface area contributed by atoms with Crippen LogP contribution in [0.25, 0.3) is 0 Å². The molecule has 1 aromatic carbocycles. The fourth-order valence-electron chi connectivity index (χ4n) is 2.17. The lowest BCUT2D eigenvalue weighted by molar-refractivity contribution is 0.381. The maximum absolute atomic E-state index is 5.51. The van der Waals surface area contributed by atoms with Gasteiger partial charge in [-0.1, -0.05) is 13.8 Å². The van der Waals surface area contributed by atoms with E-state index < -0.39 is 0 Å². The van der Waals surface area contributed by atoms with Crippen LogP contribution in [-0.2, 0) is 0 Å². The first-order chi connectivity index (χ1) is 9.03. The molecule has 2 N–H and O–H groups in total. The van der Waals surface area contributed by atoms with Crippen molar-refractivity contribution in [1.29, 1.82) is 0 Å². The first kappa shape index (κ1) is 15.8. The van der Waals surface area contributed by atoms with Crippen LogP contribution in [0.5, 0.6) is 11.5 Å². The monoisotopic (exact) mass is 266 g/mol. The lowest BCUT2D eigenvalue weighted by Gasteiger charge is -2.23. The van der Waals surface area contributed by atoms with Crippen LogP contribution in [0.2, 0.25) is 0 Å². The van der Waals surface area contributed by atoms with Crippen LogP contribution in [0.4, 0.5) is 0 Å². The van der Waals surface area contributed by atoms with Gasteiger partial charge in [0.05, 0.1) is 14.2 Å². The zero-order valence-electron chi connectivity index (χ0n) is 12.8. The summed E-state index contributed by atoms with van der Waals surface area (Å²) in [6, 6.07) is 4.64. The molecule has 0 bridgehead atoms. The van der Waals surface area contributed by atoms with Gasteiger partial charge in [-0.05, 0) is 25.6 Å². The van der Waals surface area contributed by atoms with Crippen LogP contribution in [-0.4, -0.2) is 33.9 Å². The molecule has 0 radical (unpaired) electrons. The van der Waals surface area contributed by atoms with Gasteiger partial charge in [-0.2, -0.15) is 0 Å². The highest BCUT2D eigenvalue weighted by atomic mass is 16.5. The molecule has 0 amide bonds. The number of ether oxygens (including phenoxy) is 2. The van der Waals surface area contributed by atoms with Gasteiger partial charge in [0.1, 0.15) is 11.5 Å². The van der Waals surface area contributed by atoms with Crippen molar-refractivity contribution in [3.8, 4) is 11.5 Å². The molecule has 1 aromatic rings. The SMILES string of the molecule is CNC(CNC(C)C)c1c(C)cc(OC)cc1OC. The van der Waals surface area contributed by atoms with E-state index in [1.54, 1.807) is 14.2 Å². The summed E-state index contributed by atoms with van der Waals surface area (Å²) >= 11 is 0. The molecule has 1 atom stereocenters. The molecule has 108 valence electrons. The van der Waals surface area contributed by atoms with Gasteiger partial charge in [-0.3, -0.25) is 0 Å². The van der Waals surface area contributed by atoms with Gasteiger partial charge in [0.15, 0.2) is 0 Å². The van der Waals surface area contributed by atoms with Gasteiger partial charge in [-0.25, -0.2) is 0 Å². The summed E-state index contributed by atoms with van der Waals surface area (Å²) in [4.78, 5) is 0. The van der Waals surface area contributed by atoms with Crippen molar-refractivity contribution in [3.63, 3.8) is 0 Å². The molecular formula is C15H26N2O2. The third kappa shape index (κ3) is 4.11. The second-order valence-electron chi connectivity index (χ2n) is 4.96. The minimum Gasteiger partial charge on any atom is -0.497 e. The standard InChI is InChI=1S/C15H26N2O2/c1-10(2)17-9-13(16-4)15-11(3)7-12(18-5)8-14(15)19-6/h7-8,10,13,16-17H,9H2,1-6H3. The molecule has 0 saturated carbocycles. The van der Waals surface area contributed by atoms with E-state index in [-0.39, 0.29) is 6.04 Å². The number of rotatable bonds is 7. The van der Waals surface area contributed by atoms with Gasteiger partial charge in [-0.15, -0.1) is 0 Å². The quantitative estimate of drug-likeness (QED) is 0.794. The van der Waals surface area contributed by atoms with Gasteiger partial charge >= 0.3 is 0 Å². The number of benzene rings is 1. The Morgan fingerprint density at radius 1 is 1.16 bits per heavy atom. The van der Waals surface area contributed by atoms with Crippen molar-refractivity contribution >= 4 is 0 Å². The van der Waals surface area contributed by atoms with E-state index in [1.807, 2.05) is 19.2 Å². The topological polar surface area (TPSA) is 42.5 Å². The Hall–Kier alpha value is -1.26. The molecule has 19 heavy (non-hydrogen) atoms. The summed E-state index contributed by atoms with van der Waals surface area (Å²) in [5.74, 6) is 1.69. The Kier molecular flexibility index (Phi) is 6.12. The predicted octanol–water partition coefficient (Wildman–Crippen LogP) is 2.27. The normalized spacial score (nSPS) is 12.6. The minimum atomic E-state index is 0.211. The Morgan fingerprint density at radius 3 is 2.32 bits per heavy atom. The summed E-state index contributed by atoms with van der Waals surface area (Å²) in [5, 5.41) is 6.80. The van der Waals surface area contributed by atoms with Crippen LogP contribution < -0.4 is 20.1 Å². The van der Waals surface area contributed by atoms with Crippen molar-refractivity contribution in [2.24, 2.45) is 0 Å². The highest BCUT2D eigenvalue weighted by Crippen LogP contribution is 2.32. The summed E-state index contributed by atoms with van der Waals surface area (Å²) in [5.41, 5.74) is 2.35. The van der Waals surface area contributed by atoms with Gasteiger partial charge in [0.2, 0.25) is 0 Å². The van der Waals surface area contributed by atoms with Crippen molar-refractivity contribution in [2.45, 2.75) is 32.9 Å². The molecule has 0 aliphatic heterocycles. The molecule has 4 nitrogen and oxygen atoms in total. The van der Waals surface area contributed by atoms with Crippen LogP contribution in [0.1, 0.15) is 31.0 Å². The summed E-state index contributed by atoms with van der Waals surface area (Å²) in [6.45, 7) is 7.23. The zero-order chi connectivity index (χ0) is 14.4. The maximum atomic E-state index is 5.51. The summed E-state index contributed by atoms with van der Waals surface area (Å²) < 4.78 is 10.8. The molecule has 0 fully saturated rings. The second-order valence-corrected chi connectivity index (χ2v) is 4.96. The lowest BCUT2D eigenvalue weighted by atomic mass is 9.99. The fourth-order valence-corrected chi connectivity index (χ4v) is 2.17. The number of hydrogen-bond donors (Lipinski definition) is 2. The van der Waals surface area contributed by atoms with Gasteiger partial charge in [0, 0.05) is 30.3 Å². The average Bonchev–Trinajstić information content (AvgIpc) is 2.39. The molecule has 0 aliphatic rings. The number of hydrogen-bond acceptors (Lipinski definition) is 4. The molecule has 4 heteroatoms. The predicted molar refractivity (Wildman–Crippen MR) is 79.2 cm³/mol. The Bertz CT molecular complexity index is 405. The molecule has 0 aliphatic carbocycles. The number of nitrogens with one attached hydrogen (secondary N) is 2. The Labute approximate surface area is 116 Å². The van der Waals surface area contributed by atoms with Gasteiger partial charge < -0.3 is 20.1 Å². The fraction of sp³-hybridized carbons (Fsp3) is 0.600. The van der Waals surface area contributed by atoms with Crippen molar-refractivity contribution in [2.75, 3.05) is 27.8 Å². The molecule has 0 saturated heterocycles. The molecule has 1 rings (SSSR count). The number of likely N-dealkylation sites (N-methyl/N-ethyl adjacent to an activating group) is 1. The first-order valence-electron chi connectivity index (χ1n) is 6.66. The largest absolute Gasteiger partial charge is 0.497 e. The van der Waals surface area contributed by atoms with Crippen molar-refractivity contribution in [3.05, 3.63) is 23.3 Å². The van der Waals surface area contributed by atoms with Crippen LogP contribution >= 0.6 is 0 Å². The van der Waals surface area contributed by atoms with E-state index in [0.717, 1.165) is 18.0 Å². The lowest BCUT2D eigenvalue weighted by Crippen LogP contribution is -2.34. The van der Waals surface area contributed by atoms with E-state index in [4.69, 9.17) is 9.47 Å². The van der Waals surface area contributed by atoms with Crippen molar-refractivity contribution < 1.29 is 9.47 Å². The molecule has 0 spiro atoms. The van der Waals surface area contributed by atoms with Crippen LogP contribution in [0.15, 0.2) is 12.1 Å². The Balaban J connectivity index is 3.07. The van der Waals surface area contributed by atoms with E-state index in [1.165, 1.54) is 11.1 Å². The third-order valence-electron chi connectivity index (χ3n) is 3.21. The average molecular weight is 266 g/mol. The highest BCUT2D eigenvalue weighted by Gasteiger charge is 2.18. The minimum absolute atomic E-state index is 0.211. The number of aryl methyl sites for hydroxylation is 1. The van der Waals surface area contributed by atoms with E-state index >= 15 is 0 Å². The third-order valence-corrected chi connectivity index (χ3v) is 3.21. The van der Waals surface area contributed by atoms with Crippen molar-refractivity contribution in [1.82, 2.24) is 10.6 Å². The molecule has 0 heterocycles. The molecule has 1 unspecified atom stereocenters. The van der Waals surface area contributed by atoms with Gasteiger partial charge in [0.25, 0.3) is 0 Å².